The van der Waals surface area contributed by atoms with Gasteiger partial charge in [-0.05, 0) is 49.7 Å². The molecule has 0 radical (unpaired) electrons. The van der Waals surface area contributed by atoms with Crippen LogP contribution in [0.4, 0.5) is 0 Å². The number of fused-ring (bicyclic) bond motifs is 6. The summed E-state index contributed by atoms with van der Waals surface area (Å²) in [6, 6.07) is 9.14. The van der Waals surface area contributed by atoms with Gasteiger partial charge in [0.05, 0.1) is 0 Å². The summed E-state index contributed by atoms with van der Waals surface area (Å²) in [5, 5.41) is 4.78. The fourth-order valence-electron chi connectivity index (χ4n) is 5.39. The molecule has 7 heteroatoms. The first-order valence-corrected chi connectivity index (χ1v) is 10.9. The first-order chi connectivity index (χ1) is 14.6. The molecule has 5 rings (SSSR count). The van der Waals surface area contributed by atoms with Crippen LogP contribution in [0, 0.1) is 0 Å². The van der Waals surface area contributed by atoms with Gasteiger partial charge < -0.3 is 9.88 Å². The first kappa shape index (κ1) is 19.5. The predicted octanol–water partition coefficient (Wildman–Crippen LogP) is 3.70. The standard InChI is InChI=1S/C23H26ClN5O/c1-25-22(30)9-14(18-7-8-26-13-27-18)12-29-19-5-3-15(24)10-17(19)23-20-6-4-16(28(20)2)11-21(23)29/h3,5,7-8,10,13-14,16,20H,4,6,9,11-12H2,1-2H3,(H,25,30). The second kappa shape index (κ2) is 7.67. The van der Waals surface area contributed by atoms with E-state index in [2.05, 4.69) is 43.9 Å². The smallest absolute Gasteiger partial charge is 0.220 e. The van der Waals surface area contributed by atoms with Crippen LogP contribution in [0.15, 0.2) is 36.8 Å². The first-order valence-electron chi connectivity index (χ1n) is 10.6. The van der Waals surface area contributed by atoms with E-state index < -0.39 is 0 Å². The molecule has 1 N–H and O–H groups in total. The molecule has 0 spiro atoms. The van der Waals surface area contributed by atoms with Crippen molar-refractivity contribution >= 4 is 28.4 Å². The van der Waals surface area contributed by atoms with Crippen LogP contribution in [0.1, 0.15) is 48.2 Å². The van der Waals surface area contributed by atoms with Gasteiger partial charge in [-0.2, -0.15) is 0 Å². The zero-order valence-corrected chi connectivity index (χ0v) is 18.1. The van der Waals surface area contributed by atoms with E-state index >= 15 is 0 Å². The van der Waals surface area contributed by atoms with E-state index in [-0.39, 0.29) is 11.8 Å². The lowest BCUT2D eigenvalue weighted by atomic mass is 9.97. The van der Waals surface area contributed by atoms with Crippen LogP contribution >= 0.6 is 11.6 Å². The van der Waals surface area contributed by atoms with Crippen molar-refractivity contribution in [3.05, 3.63) is 58.8 Å². The molecular weight excluding hydrogens is 398 g/mol. The van der Waals surface area contributed by atoms with Crippen molar-refractivity contribution in [2.24, 2.45) is 0 Å². The Balaban J connectivity index is 1.63. The number of amides is 1. The summed E-state index contributed by atoms with van der Waals surface area (Å²) >= 11 is 6.40. The molecule has 0 saturated carbocycles. The molecule has 30 heavy (non-hydrogen) atoms. The van der Waals surface area contributed by atoms with Crippen LogP contribution in [0.5, 0.6) is 0 Å². The number of nitrogens with one attached hydrogen (secondary N) is 1. The van der Waals surface area contributed by atoms with Crippen molar-refractivity contribution < 1.29 is 4.79 Å². The van der Waals surface area contributed by atoms with Crippen LogP contribution < -0.4 is 5.32 Å². The fourth-order valence-corrected chi connectivity index (χ4v) is 5.56. The molecule has 2 aliphatic rings. The molecule has 2 aliphatic heterocycles. The highest BCUT2D eigenvalue weighted by Gasteiger charge is 2.41. The lowest BCUT2D eigenvalue weighted by Crippen LogP contribution is -2.35. The monoisotopic (exact) mass is 423 g/mol. The molecule has 1 fully saturated rings. The highest BCUT2D eigenvalue weighted by Crippen LogP contribution is 2.47. The maximum atomic E-state index is 12.3. The largest absolute Gasteiger partial charge is 0.359 e. The van der Waals surface area contributed by atoms with Gasteiger partial charge in [0.25, 0.3) is 0 Å². The van der Waals surface area contributed by atoms with E-state index in [1.807, 2.05) is 12.1 Å². The summed E-state index contributed by atoms with van der Waals surface area (Å²) in [5.74, 6) is -0.00701. The SMILES string of the molecule is CNC(=O)CC(Cn1c2c(c3cc(Cl)ccc31)C1CCC(C2)N1C)c1ccncn1. The van der Waals surface area contributed by atoms with E-state index in [1.165, 1.54) is 35.0 Å². The van der Waals surface area contributed by atoms with Crippen molar-refractivity contribution in [2.75, 3.05) is 14.1 Å². The van der Waals surface area contributed by atoms with Crippen LogP contribution in [0.25, 0.3) is 10.9 Å². The summed E-state index contributed by atoms with van der Waals surface area (Å²) in [6.07, 6.45) is 7.15. The van der Waals surface area contributed by atoms with Crippen molar-refractivity contribution in [1.29, 1.82) is 0 Å². The Kier molecular flexibility index (Phi) is 4.99. The second-order valence-electron chi connectivity index (χ2n) is 8.46. The molecule has 1 aromatic carbocycles. The van der Waals surface area contributed by atoms with Gasteiger partial charge in [0.2, 0.25) is 5.91 Å². The number of benzene rings is 1. The second-order valence-corrected chi connectivity index (χ2v) is 8.89. The third-order valence-corrected chi connectivity index (χ3v) is 7.15. The summed E-state index contributed by atoms with van der Waals surface area (Å²) in [5.41, 5.74) is 4.91. The Morgan fingerprint density at radius 2 is 2.20 bits per heavy atom. The fraction of sp³-hybridized carbons (Fsp3) is 0.435. The molecule has 2 aromatic heterocycles. The molecule has 3 atom stereocenters. The van der Waals surface area contributed by atoms with Gasteiger partial charge >= 0.3 is 0 Å². The lowest BCUT2D eigenvalue weighted by Gasteiger charge is -2.33. The highest BCUT2D eigenvalue weighted by molar-refractivity contribution is 6.31. The number of nitrogens with zero attached hydrogens (tertiary/aromatic N) is 4. The number of rotatable bonds is 5. The summed E-state index contributed by atoms with van der Waals surface area (Å²) in [6.45, 7) is 0.709. The average Bonchev–Trinajstić information content (AvgIpc) is 3.17. The van der Waals surface area contributed by atoms with E-state index in [9.17, 15) is 4.79 Å². The number of hydrogen-bond donors (Lipinski definition) is 1. The number of aromatic nitrogens is 3. The Morgan fingerprint density at radius 1 is 1.33 bits per heavy atom. The van der Waals surface area contributed by atoms with Gasteiger partial charge in [0, 0.05) is 77.9 Å². The van der Waals surface area contributed by atoms with Gasteiger partial charge in [-0.3, -0.25) is 9.69 Å². The van der Waals surface area contributed by atoms with E-state index in [0.717, 1.165) is 17.1 Å². The molecule has 1 saturated heterocycles. The lowest BCUT2D eigenvalue weighted by molar-refractivity contribution is -0.121. The van der Waals surface area contributed by atoms with Crippen molar-refractivity contribution in [1.82, 2.24) is 24.8 Å². The third kappa shape index (κ3) is 3.19. The minimum atomic E-state index is -0.0272. The maximum absolute atomic E-state index is 12.3. The number of carbonyl (C=O) groups is 1. The average molecular weight is 424 g/mol. The molecule has 3 unspecified atom stereocenters. The summed E-state index contributed by atoms with van der Waals surface area (Å²) in [4.78, 5) is 23.3. The topological polar surface area (TPSA) is 63.1 Å². The van der Waals surface area contributed by atoms with E-state index in [0.29, 0.717) is 25.0 Å². The number of likely N-dealkylation sites (N-methyl/N-ethyl adjacent to an activating group) is 1. The van der Waals surface area contributed by atoms with Crippen LogP contribution in [0.3, 0.4) is 0 Å². The zero-order valence-electron chi connectivity index (χ0n) is 17.3. The van der Waals surface area contributed by atoms with Crippen molar-refractivity contribution in [3.8, 4) is 0 Å². The predicted molar refractivity (Wildman–Crippen MR) is 118 cm³/mol. The molecule has 1 amide bonds. The maximum Gasteiger partial charge on any atom is 0.220 e. The molecule has 4 heterocycles. The molecule has 0 aliphatic carbocycles. The number of carbonyl (C=O) groups excluding carboxylic acids is 1. The van der Waals surface area contributed by atoms with Gasteiger partial charge in [0.15, 0.2) is 0 Å². The van der Waals surface area contributed by atoms with Gasteiger partial charge in [-0.25, -0.2) is 9.97 Å². The van der Waals surface area contributed by atoms with Gasteiger partial charge in [-0.1, -0.05) is 11.6 Å². The van der Waals surface area contributed by atoms with Crippen LogP contribution in [-0.2, 0) is 17.8 Å². The molecule has 156 valence electrons. The zero-order chi connectivity index (χ0) is 20.8. The Bertz CT molecular complexity index is 1100. The molecule has 6 nitrogen and oxygen atoms in total. The molecule has 3 aromatic rings. The minimum absolute atomic E-state index is 0.0202. The third-order valence-electron chi connectivity index (χ3n) is 6.92. The number of halogens is 1. The Morgan fingerprint density at radius 3 is 2.97 bits per heavy atom. The van der Waals surface area contributed by atoms with E-state index in [1.54, 1.807) is 19.6 Å². The number of hydrogen-bond acceptors (Lipinski definition) is 4. The van der Waals surface area contributed by atoms with Crippen LogP contribution in [-0.4, -0.2) is 45.5 Å². The molecular formula is C23H26ClN5O. The van der Waals surface area contributed by atoms with Gasteiger partial charge in [0.1, 0.15) is 6.33 Å². The van der Waals surface area contributed by atoms with E-state index in [4.69, 9.17) is 11.6 Å². The normalized spacial score (nSPS) is 21.6. The summed E-state index contributed by atoms with van der Waals surface area (Å²) < 4.78 is 2.43. The highest BCUT2D eigenvalue weighted by atomic mass is 35.5. The molecule has 2 bridgehead atoms. The van der Waals surface area contributed by atoms with Crippen molar-refractivity contribution in [3.63, 3.8) is 0 Å². The Labute approximate surface area is 181 Å². The summed E-state index contributed by atoms with van der Waals surface area (Å²) in [7, 11) is 3.93. The minimum Gasteiger partial charge on any atom is -0.359 e. The Hall–Kier alpha value is -2.44. The van der Waals surface area contributed by atoms with Gasteiger partial charge in [-0.15, -0.1) is 0 Å². The van der Waals surface area contributed by atoms with Crippen molar-refractivity contribution in [2.45, 2.75) is 50.2 Å². The van der Waals surface area contributed by atoms with Crippen LogP contribution in [0.2, 0.25) is 5.02 Å². The quantitative estimate of drug-likeness (QED) is 0.679.